The molecule has 0 spiro atoms. The molecule has 0 aliphatic carbocycles. The molecule has 0 unspecified atom stereocenters. The Balaban J connectivity index is 2.77. The Kier molecular flexibility index (Phi) is 2.11. The third-order valence-corrected chi connectivity index (χ3v) is 2.45. The predicted octanol–water partition coefficient (Wildman–Crippen LogP) is 2.85. The van der Waals surface area contributed by atoms with Gasteiger partial charge in [0.15, 0.2) is 5.15 Å². The molecule has 1 aromatic heterocycles. The third kappa shape index (κ3) is 1.34. The first-order valence-electron chi connectivity index (χ1n) is 4.53. The van der Waals surface area contributed by atoms with Crippen molar-refractivity contribution in [1.82, 2.24) is 9.78 Å². The summed E-state index contributed by atoms with van der Waals surface area (Å²) < 4.78 is 1.90. The summed E-state index contributed by atoms with van der Waals surface area (Å²) >= 11 is 6.01. The number of aromatic nitrogens is 2. The van der Waals surface area contributed by atoms with Crippen molar-refractivity contribution < 1.29 is 0 Å². The van der Waals surface area contributed by atoms with Gasteiger partial charge in [-0.25, -0.2) is 0 Å². The molecule has 0 bridgehead atoms. The van der Waals surface area contributed by atoms with E-state index in [0.717, 1.165) is 10.9 Å². The van der Waals surface area contributed by atoms with Gasteiger partial charge in [-0.05, 0) is 32.0 Å². The first-order chi connectivity index (χ1) is 6.59. The summed E-state index contributed by atoms with van der Waals surface area (Å²) in [5.74, 6) is 0. The minimum absolute atomic E-state index is 0.300. The van der Waals surface area contributed by atoms with Gasteiger partial charge in [0, 0.05) is 17.1 Å². The van der Waals surface area contributed by atoms with Crippen molar-refractivity contribution in [2.75, 3.05) is 5.73 Å². The Hall–Kier alpha value is -1.22. The van der Waals surface area contributed by atoms with E-state index in [9.17, 15) is 0 Å². The molecule has 0 aliphatic heterocycles. The molecule has 14 heavy (non-hydrogen) atoms. The fraction of sp³-hybridized carbons (Fsp3) is 0.300. The predicted molar refractivity (Wildman–Crippen MR) is 59.5 cm³/mol. The maximum Gasteiger partial charge on any atom is 0.159 e. The minimum Gasteiger partial charge on any atom is -0.399 e. The summed E-state index contributed by atoms with van der Waals surface area (Å²) in [5, 5.41) is 5.69. The lowest BCUT2D eigenvalue weighted by atomic mass is 10.2. The van der Waals surface area contributed by atoms with E-state index >= 15 is 0 Å². The van der Waals surface area contributed by atoms with E-state index < -0.39 is 0 Å². The summed E-state index contributed by atoms with van der Waals surface area (Å²) in [4.78, 5) is 0. The Labute approximate surface area is 87.5 Å². The maximum absolute atomic E-state index is 6.01. The van der Waals surface area contributed by atoms with Crippen LogP contribution in [0, 0.1) is 0 Å². The second-order valence-corrected chi connectivity index (χ2v) is 3.96. The Morgan fingerprint density at radius 1 is 1.43 bits per heavy atom. The average molecular weight is 210 g/mol. The van der Waals surface area contributed by atoms with Gasteiger partial charge >= 0.3 is 0 Å². The first-order valence-corrected chi connectivity index (χ1v) is 4.90. The van der Waals surface area contributed by atoms with Crippen LogP contribution in [0.15, 0.2) is 18.2 Å². The van der Waals surface area contributed by atoms with Crippen molar-refractivity contribution in [2.45, 2.75) is 19.9 Å². The third-order valence-electron chi connectivity index (χ3n) is 2.17. The van der Waals surface area contributed by atoms with Crippen LogP contribution in [0.1, 0.15) is 19.9 Å². The monoisotopic (exact) mass is 209 g/mol. The molecule has 2 aromatic rings. The highest BCUT2D eigenvalue weighted by Crippen LogP contribution is 2.26. The molecule has 0 amide bonds. The highest BCUT2D eigenvalue weighted by atomic mass is 35.5. The van der Waals surface area contributed by atoms with E-state index in [1.165, 1.54) is 0 Å². The number of nitrogen functional groups attached to an aromatic ring is 1. The molecule has 0 fully saturated rings. The number of anilines is 1. The second kappa shape index (κ2) is 3.17. The molecule has 0 saturated heterocycles. The van der Waals surface area contributed by atoms with Gasteiger partial charge in [-0.2, -0.15) is 5.10 Å². The van der Waals surface area contributed by atoms with Gasteiger partial charge in [0.2, 0.25) is 0 Å². The highest BCUT2D eigenvalue weighted by molar-refractivity contribution is 6.34. The zero-order valence-corrected chi connectivity index (χ0v) is 8.92. The number of nitrogens with zero attached hydrogens (tertiary/aromatic N) is 2. The SMILES string of the molecule is CC(C)n1nc(Cl)c2cc(N)ccc21. The van der Waals surface area contributed by atoms with E-state index in [0.29, 0.717) is 16.9 Å². The van der Waals surface area contributed by atoms with Gasteiger partial charge in [0.1, 0.15) is 0 Å². The van der Waals surface area contributed by atoms with E-state index in [1.54, 1.807) is 0 Å². The van der Waals surface area contributed by atoms with Crippen LogP contribution in [0.2, 0.25) is 5.15 Å². The van der Waals surface area contributed by atoms with E-state index in [-0.39, 0.29) is 0 Å². The minimum atomic E-state index is 0.300. The van der Waals surface area contributed by atoms with Gasteiger partial charge in [-0.3, -0.25) is 4.68 Å². The second-order valence-electron chi connectivity index (χ2n) is 3.61. The van der Waals surface area contributed by atoms with Crippen LogP contribution in [0.25, 0.3) is 10.9 Å². The van der Waals surface area contributed by atoms with Crippen LogP contribution in [0.4, 0.5) is 5.69 Å². The highest BCUT2D eigenvalue weighted by Gasteiger charge is 2.10. The molecule has 2 N–H and O–H groups in total. The van der Waals surface area contributed by atoms with Crippen molar-refractivity contribution in [3.8, 4) is 0 Å². The maximum atomic E-state index is 6.01. The largest absolute Gasteiger partial charge is 0.399 e. The van der Waals surface area contributed by atoms with Crippen LogP contribution in [0.3, 0.4) is 0 Å². The summed E-state index contributed by atoms with van der Waals surface area (Å²) in [5.41, 5.74) is 7.42. The van der Waals surface area contributed by atoms with Crippen LogP contribution in [0.5, 0.6) is 0 Å². The fourth-order valence-corrected chi connectivity index (χ4v) is 1.75. The molecule has 0 atom stereocenters. The molecular formula is C10H12ClN3. The van der Waals surface area contributed by atoms with E-state index in [2.05, 4.69) is 18.9 Å². The van der Waals surface area contributed by atoms with Crippen LogP contribution in [-0.2, 0) is 0 Å². The normalized spacial score (nSPS) is 11.4. The van der Waals surface area contributed by atoms with Crippen molar-refractivity contribution in [1.29, 1.82) is 0 Å². The number of hydrogen-bond acceptors (Lipinski definition) is 2. The summed E-state index contributed by atoms with van der Waals surface area (Å²) in [6.45, 7) is 4.14. The van der Waals surface area contributed by atoms with Crippen LogP contribution in [-0.4, -0.2) is 9.78 Å². The molecule has 1 heterocycles. The topological polar surface area (TPSA) is 43.8 Å². The molecular weight excluding hydrogens is 198 g/mol. The van der Waals surface area contributed by atoms with Crippen molar-refractivity contribution in [3.05, 3.63) is 23.4 Å². The number of benzene rings is 1. The van der Waals surface area contributed by atoms with Crippen molar-refractivity contribution in [2.24, 2.45) is 0 Å². The number of hydrogen-bond donors (Lipinski definition) is 1. The Morgan fingerprint density at radius 2 is 2.14 bits per heavy atom. The number of rotatable bonds is 1. The molecule has 0 aliphatic rings. The molecule has 2 rings (SSSR count). The molecule has 74 valence electrons. The molecule has 3 nitrogen and oxygen atoms in total. The van der Waals surface area contributed by atoms with E-state index in [1.807, 2.05) is 22.9 Å². The molecule has 1 aromatic carbocycles. The first kappa shape index (κ1) is 9.34. The smallest absolute Gasteiger partial charge is 0.159 e. The lowest BCUT2D eigenvalue weighted by Gasteiger charge is -2.06. The van der Waals surface area contributed by atoms with Crippen LogP contribution >= 0.6 is 11.6 Å². The number of halogens is 1. The summed E-state index contributed by atoms with van der Waals surface area (Å²) in [6.07, 6.45) is 0. The van der Waals surface area contributed by atoms with Gasteiger partial charge in [-0.15, -0.1) is 0 Å². The van der Waals surface area contributed by atoms with Gasteiger partial charge in [0.25, 0.3) is 0 Å². The van der Waals surface area contributed by atoms with Crippen LogP contribution < -0.4 is 5.73 Å². The molecule has 0 saturated carbocycles. The van der Waals surface area contributed by atoms with Crippen molar-refractivity contribution >= 4 is 28.2 Å². The van der Waals surface area contributed by atoms with Gasteiger partial charge in [-0.1, -0.05) is 11.6 Å². The van der Waals surface area contributed by atoms with Gasteiger partial charge in [0.05, 0.1) is 5.52 Å². The number of nitrogens with two attached hydrogens (primary N) is 1. The number of fused-ring (bicyclic) bond motifs is 1. The zero-order chi connectivity index (χ0) is 10.3. The standard InChI is InChI=1S/C10H12ClN3/c1-6(2)14-9-4-3-7(12)5-8(9)10(11)13-14/h3-6H,12H2,1-2H3. The lowest BCUT2D eigenvalue weighted by Crippen LogP contribution is -2.01. The quantitative estimate of drug-likeness (QED) is 0.734. The molecule has 4 heteroatoms. The average Bonchev–Trinajstić information content (AvgIpc) is 2.44. The Morgan fingerprint density at radius 3 is 2.79 bits per heavy atom. The zero-order valence-electron chi connectivity index (χ0n) is 8.16. The summed E-state index contributed by atoms with van der Waals surface area (Å²) in [7, 11) is 0. The fourth-order valence-electron chi connectivity index (χ4n) is 1.51. The van der Waals surface area contributed by atoms with Crippen molar-refractivity contribution in [3.63, 3.8) is 0 Å². The van der Waals surface area contributed by atoms with Gasteiger partial charge < -0.3 is 5.73 Å². The molecule has 0 radical (unpaired) electrons. The summed E-state index contributed by atoms with van der Waals surface area (Å²) in [6, 6.07) is 5.96. The lowest BCUT2D eigenvalue weighted by molar-refractivity contribution is 0.551. The Bertz CT molecular complexity index is 473. The van der Waals surface area contributed by atoms with E-state index in [4.69, 9.17) is 17.3 Å².